The summed E-state index contributed by atoms with van der Waals surface area (Å²) in [6.45, 7) is 0. The molecule has 1 aliphatic rings. The maximum Gasteiger partial charge on any atom is 0.195 e. The first-order chi connectivity index (χ1) is 10.7. The van der Waals surface area contributed by atoms with Crippen molar-refractivity contribution in [3.05, 3.63) is 54.0 Å². The largest absolute Gasteiger partial charge is 0.370 e. The molecule has 4 rings (SSSR count). The van der Waals surface area contributed by atoms with E-state index in [0.29, 0.717) is 11.4 Å². The van der Waals surface area contributed by atoms with Gasteiger partial charge in [0.25, 0.3) is 0 Å². The Morgan fingerprint density at radius 3 is 2.77 bits per heavy atom. The Morgan fingerprint density at radius 1 is 1.14 bits per heavy atom. The summed E-state index contributed by atoms with van der Waals surface area (Å²) < 4.78 is 0. The minimum atomic E-state index is -1.02. The molecule has 0 aliphatic carbocycles. The van der Waals surface area contributed by atoms with Crippen LogP contribution in [0.15, 0.2) is 47.7 Å². The number of nitrogens with two attached hydrogens (primary N) is 2. The van der Waals surface area contributed by atoms with E-state index < -0.39 is 5.66 Å². The molecule has 1 unspecified atom stereocenters. The van der Waals surface area contributed by atoms with Crippen molar-refractivity contribution in [1.82, 2.24) is 25.7 Å². The zero-order valence-corrected chi connectivity index (χ0v) is 11.5. The number of nitrogens with one attached hydrogen (secondary N) is 3. The van der Waals surface area contributed by atoms with Crippen LogP contribution in [0, 0.1) is 0 Å². The summed E-state index contributed by atoms with van der Waals surface area (Å²) in [7, 11) is 0. The van der Waals surface area contributed by atoms with Crippen LogP contribution in [0.4, 0.5) is 5.69 Å². The summed E-state index contributed by atoms with van der Waals surface area (Å²) in [5, 5.41) is 16.8. The number of aliphatic imine (C=N–C) groups is 1. The highest BCUT2D eigenvalue weighted by molar-refractivity contribution is 5.86. The highest BCUT2D eigenvalue weighted by atomic mass is 15.3. The molecule has 8 heteroatoms. The molecule has 0 radical (unpaired) electrons. The van der Waals surface area contributed by atoms with Crippen molar-refractivity contribution in [3.63, 3.8) is 0 Å². The normalized spacial score (nSPS) is 20.1. The molecule has 0 amide bonds. The Labute approximate surface area is 125 Å². The van der Waals surface area contributed by atoms with Crippen LogP contribution in [0.3, 0.4) is 0 Å². The van der Waals surface area contributed by atoms with Gasteiger partial charge in [0.05, 0.1) is 11.4 Å². The third kappa shape index (κ3) is 1.78. The first-order valence-electron chi connectivity index (χ1n) is 6.72. The Hall–Kier alpha value is -3.13. The number of nitrogens with zero attached hydrogens (tertiary/aromatic N) is 3. The highest BCUT2D eigenvalue weighted by Crippen LogP contribution is 2.36. The van der Waals surface area contributed by atoms with Crippen molar-refractivity contribution in [3.8, 4) is 11.3 Å². The molecule has 0 fully saturated rings. The number of fused-ring (bicyclic) bond motifs is 1. The van der Waals surface area contributed by atoms with Crippen LogP contribution >= 0.6 is 0 Å². The minimum Gasteiger partial charge on any atom is -0.370 e. The average Bonchev–Trinajstić information content (AvgIpc) is 3.20. The Bertz CT molecular complexity index is 834. The first-order valence-corrected chi connectivity index (χ1v) is 6.72. The summed E-state index contributed by atoms with van der Waals surface area (Å²) in [6, 6.07) is 9.49. The smallest absolute Gasteiger partial charge is 0.195 e. The lowest BCUT2D eigenvalue weighted by molar-refractivity contribution is 0.475. The SMILES string of the molecule is NC1=Nc2cc(-c3ccn[nH]3)ccc2C(N)(c2cc[nH]n2)N1. The van der Waals surface area contributed by atoms with E-state index in [1.807, 2.05) is 24.3 Å². The van der Waals surface area contributed by atoms with Gasteiger partial charge in [-0.1, -0.05) is 12.1 Å². The average molecular weight is 294 g/mol. The maximum absolute atomic E-state index is 6.52. The summed E-state index contributed by atoms with van der Waals surface area (Å²) in [5.41, 5.74) is 15.4. The van der Waals surface area contributed by atoms with E-state index in [1.54, 1.807) is 18.5 Å². The van der Waals surface area contributed by atoms with Gasteiger partial charge in [0, 0.05) is 23.5 Å². The second kappa shape index (κ2) is 4.43. The molecule has 0 saturated heterocycles. The zero-order valence-electron chi connectivity index (χ0n) is 11.5. The molecule has 22 heavy (non-hydrogen) atoms. The molecule has 1 atom stereocenters. The molecule has 0 saturated carbocycles. The number of H-pyrrole nitrogens is 2. The number of hydrogen-bond donors (Lipinski definition) is 5. The second-order valence-corrected chi connectivity index (χ2v) is 5.09. The predicted molar refractivity (Wildman–Crippen MR) is 82.0 cm³/mol. The maximum atomic E-state index is 6.52. The number of rotatable bonds is 2. The number of hydrogen-bond acceptors (Lipinski definition) is 6. The fourth-order valence-corrected chi connectivity index (χ4v) is 2.65. The Balaban J connectivity index is 1.89. The third-order valence-corrected chi connectivity index (χ3v) is 3.71. The summed E-state index contributed by atoms with van der Waals surface area (Å²) in [4.78, 5) is 4.35. The lowest BCUT2D eigenvalue weighted by Crippen LogP contribution is -2.57. The van der Waals surface area contributed by atoms with Gasteiger partial charge in [-0.3, -0.25) is 15.9 Å². The Kier molecular flexibility index (Phi) is 2.54. The molecule has 0 bridgehead atoms. The van der Waals surface area contributed by atoms with Gasteiger partial charge in [0.2, 0.25) is 0 Å². The Morgan fingerprint density at radius 2 is 2.05 bits per heavy atom. The molecule has 2 aromatic heterocycles. The summed E-state index contributed by atoms with van der Waals surface area (Å²) >= 11 is 0. The summed E-state index contributed by atoms with van der Waals surface area (Å²) in [6.07, 6.45) is 3.41. The molecule has 1 aliphatic heterocycles. The van der Waals surface area contributed by atoms with E-state index in [4.69, 9.17) is 11.5 Å². The van der Waals surface area contributed by atoms with Crippen LogP contribution in [0.5, 0.6) is 0 Å². The van der Waals surface area contributed by atoms with E-state index in [1.165, 1.54) is 0 Å². The van der Waals surface area contributed by atoms with Crippen LogP contribution < -0.4 is 16.8 Å². The standard InChI is InChI=1S/C14H14N8/c15-13-19-11-7-8(10-3-5-17-21-10)1-2-9(11)14(16,20-13)12-4-6-18-22-12/h1-7H,16H2,(H,17,21)(H,18,22)(H3,15,19,20). The number of aromatic amines is 2. The van der Waals surface area contributed by atoms with Gasteiger partial charge < -0.3 is 11.1 Å². The highest BCUT2D eigenvalue weighted by Gasteiger charge is 2.37. The van der Waals surface area contributed by atoms with Gasteiger partial charge in [0.15, 0.2) is 11.6 Å². The lowest BCUT2D eigenvalue weighted by Gasteiger charge is -2.34. The fraction of sp³-hybridized carbons (Fsp3) is 0.0714. The topological polar surface area (TPSA) is 134 Å². The van der Waals surface area contributed by atoms with Crippen LogP contribution in [-0.4, -0.2) is 26.4 Å². The van der Waals surface area contributed by atoms with Gasteiger partial charge >= 0.3 is 0 Å². The molecule has 8 nitrogen and oxygen atoms in total. The van der Waals surface area contributed by atoms with Crippen molar-refractivity contribution < 1.29 is 0 Å². The molecule has 110 valence electrons. The van der Waals surface area contributed by atoms with Crippen molar-refractivity contribution in [2.24, 2.45) is 16.5 Å². The third-order valence-electron chi connectivity index (χ3n) is 3.71. The minimum absolute atomic E-state index is 0.250. The van der Waals surface area contributed by atoms with E-state index >= 15 is 0 Å². The van der Waals surface area contributed by atoms with Crippen LogP contribution in [0.1, 0.15) is 11.3 Å². The van der Waals surface area contributed by atoms with Gasteiger partial charge in [-0.2, -0.15) is 10.2 Å². The van der Waals surface area contributed by atoms with Gasteiger partial charge in [-0.25, -0.2) is 4.99 Å². The van der Waals surface area contributed by atoms with Gasteiger partial charge in [0.1, 0.15) is 5.69 Å². The number of benzene rings is 1. The first kappa shape index (κ1) is 12.6. The number of guanidine groups is 1. The van der Waals surface area contributed by atoms with E-state index in [-0.39, 0.29) is 5.96 Å². The van der Waals surface area contributed by atoms with Crippen molar-refractivity contribution in [2.45, 2.75) is 5.66 Å². The van der Waals surface area contributed by atoms with Crippen molar-refractivity contribution in [2.75, 3.05) is 0 Å². The fourth-order valence-electron chi connectivity index (χ4n) is 2.65. The molecule has 0 spiro atoms. The molecule has 7 N–H and O–H groups in total. The van der Waals surface area contributed by atoms with Gasteiger partial charge in [-0.15, -0.1) is 0 Å². The van der Waals surface area contributed by atoms with Crippen LogP contribution in [0.2, 0.25) is 0 Å². The monoisotopic (exact) mass is 294 g/mol. The van der Waals surface area contributed by atoms with E-state index in [9.17, 15) is 0 Å². The quantitative estimate of drug-likeness (QED) is 0.469. The molecular weight excluding hydrogens is 280 g/mol. The van der Waals surface area contributed by atoms with Crippen LogP contribution in [0.25, 0.3) is 11.3 Å². The zero-order chi connectivity index (χ0) is 15.2. The molecule has 3 heterocycles. The van der Waals surface area contributed by atoms with Crippen molar-refractivity contribution >= 4 is 11.6 Å². The molecule has 1 aromatic carbocycles. The molecule has 3 aromatic rings. The van der Waals surface area contributed by atoms with Gasteiger partial charge in [-0.05, 0) is 18.2 Å². The summed E-state index contributed by atoms with van der Waals surface area (Å²) in [5.74, 6) is 0.250. The van der Waals surface area contributed by atoms with Crippen LogP contribution in [-0.2, 0) is 5.66 Å². The molecular formula is C14H14N8. The van der Waals surface area contributed by atoms with E-state index in [2.05, 4.69) is 30.7 Å². The van der Waals surface area contributed by atoms with E-state index in [0.717, 1.165) is 16.8 Å². The number of aromatic nitrogens is 4. The van der Waals surface area contributed by atoms with Crippen molar-refractivity contribution in [1.29, 1.82) is 0 Å². The lowest BCUT2D eigenvalue weighted by atomic mass is 9.92. The second-order valence-electron chi connectivity index (χ2n) is 5.09. The predicted octanol–water partition coefficient (Wildman–Crippen LogP) is 0.509.